The molecule has 2 aromatic carbocycles. The first-order valence-corrected chi connectivity index (χ1v) is 7.22. The number of methoxy groups -OCH3 is 3. The fourth-order valence-electron chi connectivity index (χ4n) is 2.23. The summed E-state index contributed by atoms with van der Waals surface area (Å²) in [5.41, 5.74) is 2.48. The van der Waals surface area contributed by atoms with Crippen molar-refractivity contribution in [1.82, 2.24) is 5.32 Å². The van der Waals surface area contributed by atoms with Crippen LogP contribution in [0.1, 0.15) is 21.5 Å². The molecule has 1 N–H and O–H groups in total. The molecule has 0 aliphatic heterocycles. The lowest BCUT2D eigenvalue weighted by atomic mass is 10.1. The lowest BCUT2D eigenvalue weighted by molar-refractivity contribution is 0.0950. The van der Waals surface area contributed by atoms with Gasteiger partial charge in [0.15, 0.2) is 0 Å². The molecule has 23 heavy (non-hydrogen) atoms. The zero-order valence-electron chi connectivity index (χ0n) is 13.8. The zero-order chi connectivity index (χ0) is 16.8. The minimum Gasteiger partial charge on any atom is -0.496 e. The van der Waals surface area contributed by atoms with Crippen LogP contribution in [0.2, 0.25) is 0 Å². The molecule has 0 spiro atoms. The molecule has 5 nitrogen and oxygen atoms in total. The van der Waals surface area contributed by atoms with E-state index in [0.717, 1.165) is 11.1 Å². The fourth-order valence-corrected chi connectivity index (χ4v) is 2.23. The summed E-state index contributed by atoms with van der Waals surface area (Å²) < 4.78 is 16.0. The van der Waals surface area contributed by atoms with Crippen molar-refractivity contribution in [2.75, 3.05) is 21.3 Å². The number of hydrogen-bond acceptors (Lipinski definition) is 4. The van der Waals surface area contributed by atoms with Gasteiger partial charge in [0.2, 0.25) is 0 Å². The molecular weight excluding hydrogens is 294 g/mol. The van der Waals surface area contributed by atoms with Crippen LogP contribution in [0.15, 0.2) is 36.4 Å². The van der Waals surface area contributed by atoms with Gasteiger partial charge in [0.1, 0.15) is 17.2 Å². The molecule has 0 unspecified atom stereocenters. The number of aryl methyl sites for hydroxylation is 1. The SMILES string of the molecule is COc1cc(OC)c(CNC(=O)c2ccc(C)cc2)c(OC)c1. The second kappa shape index (κ2) is 7.54. The number of carbonyl (C=O) groups excluding carboxylic acids is 1. The van der Waals surface area contributed by atoms with Gasteiger partial charge < -0.3 is 19.5 Å². The molecule has 0 saturated carbocycles. The monoisotopic (exact) mass is 315 g/mol. The first-order valence-electron chi connectivity index (χ1n) is 7.22. The average Bonchev–Trinajstić information content (AvgIpc) is 2.59. The molecule has 0 aromatic heterocycles. The van der Waals surface area contributed by atoms with Crippen molar-refractivity contribution >= 4 is 5.91 Å². The number of ether oxygens (including phenoxy) is 3. The highest BCUT2D eigenvalue weighted by molar-refractivity contribution is 5.94. The molecule has 0 bridgehead atoms. The van der Waals surface area contributed by atoms with Gasteiger partial charge >= 0.3 is 0 Å². The molecule has 0 atom stereocenters. The number of benzene rings is 2. The van der Waals surface area contributed by atoms with Gasteiger partial charge in [0, 0.05) is 17.7 Å². The maximum absolute atomic E-state index is 12.2. The Kier molecular flexibility index (Phi) is 5.46. The van der Waals surface area contributed by atoms with Crippen LogP contribution in [-0.2, 0) is 6.54 Å². The van der Waals surface area contributed by atoms with Gasteiger partial charge in [0.05, 0.1) is 33.4 Å². The normalized spacial score (nSPS) is 10.1. The van der Waals surface area contributed by atoms with E-state index in [1.165, 1.54) is 0 Å². The van der Waals surface area contributed by atoms with E-state index < -0.39 is 0 Å². The molecule has 0 saturated heterocycles. The fraction of sp³-hybridized carbons (Fsp3) is 0.278. The van der Waals surface area contributed by atoms with E-state index in [-0.39, 0.29) is 5.91 Å². The van der Waals surface area contributed by atoms with Gasteiger partial charge in [-0.05, 0) is 19.1 Å². The highest BCUT2D eigenvalue weighted by atomic mass is 16.5. The van der Waals surface area contributed by atoms with E-state index >= 15 is 0 Å². The van der Waals surface area contributed by atoms with Crippen molar-refractivity contribution in [3.63, 3.8) is 0 Å². The summed E-state index contributed by atoms with van der Waals surface area (Å²) in [6, 6.07) is 10.9. The lowest BCUT2D eigenvalue weighted by Crippen LogP contribution is -2.23. The molecule has 0 aliphatic rings. The summed E-state index contributed by atoms with van der Waals surface area (Å²) in [7, 11) is 4.71. The predicted octanol–water partition coefficient (Wildman–Crippen LogP) is 2.95. The van der Waals surface area contributed by atoms with E-state index in [0.29, 0.717) is 29.4 Å². The molecule has 1 amide bonds. The number of hydrogen-bond donors (Lipinski definition) is 1. The van der Waals surface area contributed by atoms with Gasteiger partial charge in [0.25, 0.3) is 5.91 Å². The number of rotatable bonds is 6. The molecular formula is C18H21NO4. The molecule has 122 valence electrons. The number of nitrogens with one attached hydrogen (secondary N) is 1. The van der Waals surface area contributed by atoms with E-state index in [1.807, 2.05) is 19.1 Å². The summed E-state index contributed by atoms with van der Waals surface area (Å²) in [5.74, 6) is 1.69. The summed E-state index contributed by atoms with van der Waals surface area (Å²) in [6.45, 7) is 2.28. The highest BCUT2D eigenvalue weighted by Crippen LogP contribution is 2.33. The van der Waals surface area contributed by atoms with Crippen LogP contribution in [0.4, 0.5) is 0 Å². The van der Waals surface area contributed by atoms with E-state index in [2.05, 4.69) is 5.32 Å². The van der Waals surface area contributed by atoms with Gasteiger partial charge in [-0.1, -0.05) is 17.7 Å². The Morgan fingerprint density at radius 2 is 1.52 bits per heavy atom. The summed E-state index contributed by atoms with van der Waals surface area (Å²) in [4.78, 5) is 12.2. The van der Waals surface area contributed by atoms with Crippen LogP contribution in [0.5, 0.6) is 17.2 Å². The molecule has 0 aliphatic carbocycles. The number of amides is 1. The van der Waals surface area contributed by atoms with Crippen molar-refractivity contribution in [2.24, 2.45) is 0 Å². The smallest absolute Gasteiger partial charge is 0.251 e. The largest absolute Gasteiger partial charge is 0.496 e. The lowest BCUT2D eigenvalue weighted by Gasteiger charge is -2.15. The van der Waals surface area contributed by atoms with Crippen molar-refractivity contribution in [1.29, 1.82) is 0 Å². The average molecular weight is 315 g/mol. The molecule has 0 radical (unpaired) electrons. The van der Waals surface area contributed by atoms with Crippen LogP contribution < -0.4 is 19.5 Å². The van der Waals surface area contributed by atoms with Gasteiger partial charge in [-0.15, -0.1) is 0 Å². The highest BCUT2D eigenvalue weighted by Gasteiger charge is 2.14. The minimum atomic E-state index is -0.148. The summed E-state index contributed by atoms with van der Waals surface area (Å²) in [5, 5.41) is 2.88. The van der Waals surface area contributed by atoms with E-state index in [9.17, 15) is 4.79 Å². The Labute approximate surface area is 136 Å². The van der Waals surface area contributed by atoms with Crippen molar-refractivity contribution in [2.45, 2.75) is 13.5 Å². The first-order chi connectivity index (χ1) is 11.1. The maximum atomic E-state index is 12.2. The molecule has 0 fully saturated rings. The topological polar surface area (TPSA) is 56.8 Å². The van der Waals surface area contributed by atoms with Crippen LogP contribution in [0.3, 0.4) is 0 Å². The van der Waals surface area contributed by atoms with E-state index in [4.69, 9.17) is 14.2 Å². The van der Waals surface area contributed by atoms with Crippen LogP contribution in [0.25, 0.3) is 0 Å². The first kappa shape index (κ1) is 16.7. The van der Waals surface area contributed by atoms with Gasteiger partial charge in [-0.25, -0.2) is 0 Å². The van der Waals surface area contributed by atoms with Crippen LogP contribution >= 0.6 is 0 Å². The quantitative estimate of drug-likeness (QED) is 0.890. The molecule has 2 aromatic rings. The van der Waals surface area contributed by atoms with Crippen molar-refractivity contribution in [3.05, 3.63) is 53.1 Å². The molecule has 0 heterocycles. The third-order valence-corrected chi connectivity index (χ3v) is 3.56. The Hall–Kier alpha value is -2.69. The van der Waals surface area contributed by atoms with Crippen LogP contribution in [0, 0.1) is 6.92 Å². The second-order valence-electron chi connectivity index (χ2n) is 5.06. The Morgan fingerprint density at radius 1 is 0.957 bits per heavy atom. The zero-order valence-corrected chi connectivity index (χ0v) is 13.8. The third-order valence-electron chi connectivity index (χ3n) is 3.56. The van der Waals surface area contributed by atoms with Crippen molar-refractivity contribution in [3.8, 4) is 17.2 Å². The Morgan fingerprint density at radius 3 is 2.00 bits per heavy atom. The maximum Gasteiger partial charge on any atom is 0.251 e. The summed E-state index contributed by atoms with van der Waals surface area (Å²) >= 11 is 0. The number of carbonyl (C=O) groups is 1. The Balaban J connectivity index is 2.19. The van der Waals surface area contributed by atoms with Crippen LogP contribution in [-0.4, -0.2) is 27.2 Å². The Bertz CT molecular complexity index is 655. The van der Waals surface area contributed by atoms with Crippen molar-refractivity contribution < 1.29 is 19.0 Å². The standard InChI is InChI=1S/C18H21NO4/c1-12-5-7-13(8-6-12)18(20)19-11-15-16(22-3)9-14(21-2)10-17(15)23-4/h5-10H,11H2,1-4H3,(H,19,20). The predicted molar refractivity (Wildman–Crippen MR) is 88.4 cm³/mol. The van der Waals surface area contributed by atoms with Gasteiger partial charge in [-0.2, -0.15) is 0 Å². The third kappa shape index (κ3) is 3.94. The summed E-state index contributed by atoms with van der Waals surface area (Å²) in [6.07, 6.45) is 0. The minimum absolute atomic E-state index is 0.148. The molecule has 5 heteroatoms. The molecule has 2 rings (SSSR count). The van der Waals surface area contributed by atoms with Gasteiger partial charge in [-0.3, -0.25) is 4.79 Å². The second-order valence-corrected chi connectivity index (χ2v) is 5.06. The van der Waals surface area contributed by atoms with E-state index in [1.54, 1.807) is 45.6 Å².